The van der Waals surface area contributed by atoms with Crippen LogP contribution in [-0.2, 0) is 20.9 Å². The summed E-state index contributed by atoms with van der Waals surface area (Å²) in [7, 11) is 0. The van der Waals surface area contributed by atoms with Crippen molar-refractivity contribution in [2.75, 3.05) is 19.6 Å². The van der Waals surface area contributed by atoms with Crippen LogP contribution in [0.25, 0.3) is 0 Å². The van der Waals surface area contributed by atoms with Crippen molar-refractivity contribution in [2.45, 2.75) is 52.1 Å². The highest BCUT2D eigenvalue weighted by atomic mass is 16.2. The summed E-state index contributed by atoms with van der Waals surface area (Å²) in [5.41, 5.74) is 1.68. The van der Waals surface area contributed by atoms with E-state index in [4.69, 9.17) is 0 Å². The van der Waals surface area contributed by atoms with Crippen molar-refractivity contribution in [3.63, 3.8) is 0 Å². The van der Waals surface area contributed by atoms with Crippen LogP contribution < -0.4 is 5.32 Å². The van der Waals surface area contributed by atoms with Gasteiger partial charge in [0.2, 0.25) is 17.7 Å². The third kappa shape index (κ3) is 4.28. The van der Waals surface area contributed by atoms with Crippen LogP contribution in [0.1, 0.15) is 50.8 Å². The lowest BCUT2D eigenvalue weighted by atomic mass is 9.91. The summed E-state index contributed by atoms with van der Waals surface area (Å²) in [4.78, 5) is 45.5. The van der Waals surface area contributed by atoms with Crippen molar-refractivity contribution in [1.29, 1.82) is 0 Å². The van der Waals surface area contributed by atoms with E-state index in [-0.39, 0.29) is 29.7 Å². The first-order valence-electron chi connectivity index (χ1n) is 9.65. The maximum Gasteiger partial charge on any atom is 0.233 e. The van der Waals surface area contributed by atoms with Gasteiger partial charge in [0.05, 0.1) is 17.5 Å². The van der Waals surface area contributed by atoms with E-state index < -0.39 is 5.92 Å². The highest BCUT2D eigenvalue weighted by molar-refractivity contribution is 5.87. The monoisotopic (exact) mass is 372 g/mol. The minimum Gasteiger partial charge on any atom is -0.354 e. The molecule has 1 saturated heterocycles. The fraction of sp³-hybridized carbons (Fsp3) is 0.600. The maximum absolute atomic E-state index is 13.3. The average Bonchev–Trinajstić information content (AvgIpc) is 2.66. The van der Waals surface area contributed by atoms with Crippen LogP contribution in [0.15, 0.2) is 18.3 Å². The minimum atomic E-state index is -0.467. The molecule has 0 spiro atoms. The van der Waals surface area contributed by atoms with Crippen LogP contribution in [0.2, 0.25) is 0 Å². The lowest BCUT2D eigenvalue weighted by Gasteiger charge is -2.38. The number of carbonyl (C=O) groups is 3. The number of nitrogens with one attached hydrogen (secondary N) is 1. The first kappa shape index (κ1) is 19.3. The Balaban J connectivity index is 1.78. The number of piperidine rings is 1. The molecule has 1 aromatic rings. The molecule has 0 bridgehead atoms. The zero-order chi connectivity index (χ0) is 19.6. The maximum atomic E-state index is 13.3. The number of hydrogen-bond acceptors (Lipinski definition) is 4. The Morgan fingerprint density at radius 2 is 2.00 bits per heavy atom. The Hall–Kier alpha value is -2.44. The Labute approximate surface area is 160 Å². The second kappa shape index (κ2) is 8.06. The van der Waals surface area contributed by atoms with Gasteiger partial charge in [-0.1, -0.05) is 6.07 Å². The summed E-state index contributed by atoms with van der Waals surface area (Å²) in [5, 5.41) is 2.95. The van der Waals surface area contributed by atoms with Gasteiger partial charge < -0.3 is 15.1 Å². The standard InChI is InChI=1S/C20H28N4O3/c1-13(2)22-19(26)16-7-5-9-23(11-16)20(27)17-12-24(14(3)25)10-15-6-4-8-21-18(15)17/h4,6,8,13,16-17H,5,7,9-12H2,1-3H3,(H,22,26). The third-order valence-corrected chi connectivity index (χ3v) is 5.30. The summed E-state index contributed by atoms with van der Waals surface area (Å²) in [6, 6.07) is 3.84. The van der Waals surface area contributed by atoms with Gasteiger partial charge >= 0.3 is 0 Å². The second-order valence-corrected chi connectivity index (χ2v) is 7.79. The van der Waals surface area contributed by atoms with Crippen molar-refractivity contribution < 1.29 is 14.4 Å². The highest BCUT2D eigenvalue weighted by Gasteiger charge is 2.37. The van der Waals surface area contributed by atoms with Gasteiger partial charge in [0.1, 0.15) is 0 Å². The fourth-order valence-corrected chi connectivity index (χ4v) is 3.92. The van der Waals surface area contributed by atoms with Crippen LogP contribution in [0.3, 0.4) is 0 Å². The van der Waals surface area contributed by atoms with Gasteiger partial charge in [-0.2, -0.15) is 0 Å². The fourth-order valence-electron chi connectivity index (χ4n) is 3.92. The number of amides is 3. The predicted octanol–water partition coefficient (Wildman–Crippen LogP) is 1.29. The smallest absolute Gasteiger partial charge is 0.233 e. The molecule has 3 heterocycles. The van der Waals surface area contributed by atoms with Gasteiger partial charge in [0.25, 0.3) is 0 Å². The van der Waals surface area contributed by atoms with Crippen LogP contribution in [0.5, 0.6) is 0 Å². The lowest BCUT2D eigenvalue weighted by Crippen LogP contribution is -2.50. The third-order valence-electron chi connectivity index (χ3n) is 5.30. The van der Waals surface area contributed by atoms with Crippen molar-refractivity contribution in [2.24, 2.45) is 5.92 Å². The molecule has 2 atom stereocenters. The SMILES string of the molecule is CC(=O)N1Cc2cccnc2C(C(=O)N2CCCC(C(=O)NC(C)C)C2)C1. The summed E-state index contributed by atoms with van der Waals surface area (Å²) in [6.45, 7) is 7.30. The van der Waals surface area contributed by atoms with E-state index in [0.717, 1.165) is 24.1 Å². The molecule has 0 saturated carbocycles. The highest BCUT2D eigenvalue weighted by Crippen LogP contribution is 2.30. The summed E-state index contributed by atoms with van der Waals surface area (Å²) < 4.78 is 0. The number of likely N-dealkylation sites (tertiary alicyclic amines) is 1. The summed E-state index contributed by atoms with van der Waals surface area (Å²) >= 11 is 0. The van der Waals surface area contributed by atoms with Crippen LogP contribution in [-0.4, -0.2) is 58.2 Å². The van der Waals surface area contributed by atoms with Crippen LogP contribution in [0, 0.1) is 5.92 Å². The first-order chi connectivity index (χ1) is 12.9. The molecular formula is C20H28N4O3. The van der Waals surface area contributed by atoms with Gasteiger partial charge in [0.15, 0.2) is 0 Å². The van der Waals surface area contributed by atoms with Crippen molar-refractivity contribution in [1.82, 2.24) is 20.1 Å². The number of rotatable bonds is 3. The predicted molar refractivity (Wildman–Crippen MR) is 101 cm³/mol. The zero-order valence-electron chi connectivity index (χ0n) is 16.3. The van der Waals surface area contributed by atoms with Crippen molar-refractivity contribution in [3.8, 4) is 0 Å². The Kier molecular flexibility index (Phi) is 5.77. The van der Waals surface area contributed by atoms with Crippen molar-refractivity contribution >= 4 is 17.7 Å². The summed E-state index contributed by atoms with van der Waals surface area (Å²) in [6.07, 6.45) is 3.29. The molecule has 146 valence electrons. The molecule has 7 heteroatoms. The van der Waals surface area contributed by atoms with E-state index in [1.807, 2.05) is 26.0 Å². The van der Waals surface area contributed by atoms with E-state index in [1.54, 1.807) is 16.0 Å². The van der Waals surface area contributed by atoms with E-state index >= 15 is 0 Å². The molecule has 3 amide bonds. The molecule has 1 aromatic heterocycles. The Morgan fingerprint density at radius 3 is 2.70 bits per heavy atom. The number of carbonyl (C=O) groups excluding carboxylic acids is 3. The molecule has 27 heavy (non-hydrogen) atoms. The van der Waals surface area contributed by atoms with E-state index in [2.05, 4.69) is 10.3 Å². The first-order valence-corrected chi connectivity index (χ1v) is 9.65. The molecule has 2 aliphatic heterocycles. The summed E-state index contributed by atoms with van der Waals surface area (Å²) in [5.74, 6) is -0.723. The van der Waals surface area contributed by atoms with E-state index in [1.165, 1.54) is 6.92 Å². The number of nitrogens with zero attached hydrogens (tertiary/aromatic N) is 3. The number of pyridine rings is 1. The molecule has 1 fully saturated rings. The van der Waals surface area contributed by atoms with Crippen molar-refractivity contribution in [3.05, 3.63) is 29.6 Å². The molecule has 0 aromatic carbocycles. The quantitative estimate of drug-likeness (QED) is 0.867. The molecule has 2 unspecified atom stereocenters. The van der Waals surface area contributed by atoms with Gasteiger partial charge in [-0.25, -0.2) is 0 Å². The minimum absolute atomic E-state index is 0.00929. The van der Waals surface area contributed by atoms with Gasteiger partial charge in [-0.05, 0) is 38.3 Å². The molecule has 0 radical (unpaired) electrons. The van der Waals surface area contributed by atoms with E-state index in [0.29, 0.717) is 26.2 Å². The van der Waals surface area contributed by atoms with Gasteiger partial charge in [-0.15, -0.1) is 0 Å². The number of aromatic nitrogens is 1. The van der Waals surface area contributed by atoms with Gasteiger partial charge in [0, 0.05) is 45.3 Å². The molecular weight excluding hydrogens is 344 g/mol. The molecule has 0 aliphatic carbocycles. The molecule has 1 N–H and O–H groups in total. The molecule has 2 aliphatic rings. The number of fused-ring (bicyclic) bond motifs is 1. The molecule has 7 nitrogen and oxygen atoms in total. The van der Waals surface area contributed by atoms with Crippen LogP contribution >= 0.6 is 0 Å². The van der Waals surface area contributed by atoms with Crippen LogP contribution in [0.4, 0.5) is 0 Å². The topological polar surface area (TPSA) is 82.6 Å². The largest absolute Gasteiger partial charge is 0.354 e. The van der Waals surface area contributed by atoms with Gasteiger partial charge in [-0.3, -0.25) is 19.4 Å². The zero-order valence-corrected chi connectivity index (χ0v) is 16.3. The lowest BCUT2D eigenvalue weighted by molar-refractivity contribution is -0.139. The Morgan fingerprint density at radius 1 is 1.22 bits per heavy atom. The average molecular weight is 372 g/mol. The molecule has 3 rings (SSSR count). The second-order valence-electron chi connectivity index (χ2n) is 7.79. The normalized spacial score (nSPS) is 22.4. The van der Waals surface area contributed by atoms with E-state index in [9.17, 15) is 14.4 Å². The number of hydrogen-bond donors (Lipinski definition) is 1. The Bertz CT molecular complexity index is 734.